The quantitative estimate of drug-likeness (QED) is 0.642. The average Bonchev–Trinajstić information content (AvgIpc) is 3.10. The number of carbonyl (C=O) groups is 1. The fourth-order valence-electron chi connectivity index (χ4n) is 4.90. The van der Waals surface area contributed by atoms with Crippen molar-refractivity contribution >= 4 is 21.6 Å². The maximum Gasteiger partial charge on any atom is 0.254 e. The molecule has 34 heavy (non-hydrogen) atoms. The lowest BCUT2D eigenvalue weighted by Gasteiger charge is -2.32. The SMILES string of the molecule is COc1ccc(N2CCCN(C(=O)c3cc(S(=O)(=O)N4CCCCC4C)ccc3C)CC2)cc1. The number of nitrogens with zero attached hydrogens (tertiary/aromatic N) is 3. The summed E-state index contributed by atoms with van der Waals surface area (Å²) in [5, 5.41) is 0. The third-order valence-electron chi connectivity index (χ3n) is 7.01. The van der Waals surface area contributed by atoms with Gasteiger partial charge in [-0.25, -0.2) is 8.42 Å². The minimum absolute atomic E-state index is 0.0197. The van der Waals surface area contributed by atoms with Crippen molar-refractivity contribution in [1.82, 2.24) is 9.21 Å². The van der Waals surface area contributed by atoms with Crippen molar-refractivity contribution in [3.8, 4) is 5.75 Å². The van der Waals surface area contributed by atoms with Gasteiger partial charge in [-0.3, -0.25) is 4.79 Å². The van der Waals surface area contributed by atoms with Crippen LogP contribution in [-0.2, 0) is 10.0 Å². The third-order valence-corrected chi connectivity index (χ3v) is 9.02. The fourth-order valence-corrected chi connectivity index (χ4v) is 6.62. The van der Waals surface area contributed by atoms with Crippen molar-refractivity contribution in [3.63, 3.8) is 0 Å². The summed E-state index contributed by atoms with van der Waals surface area (Å²) in [6.45, 7) is 7.18. The number of benzene rings is 2. The fraction of sp³-hybridized carbons (Fsp3) is 0.500. The van der Waals surface area contributed by atoms with E-state index < -0.39 is 10.0 Å². The molecule has 7 nitrogen and oxygen atoms in total. The van der Waals surface area contributed by atoms with E-state index in [1.54, 1.807) is 29.6 Å². The minimum atomic E-state index is -3.63. The second kappa shape index (κ2) is 10.4. The number of amides is 1. The molecule has 2 saturated heterocycles. The Kier molecular flexibility index (Phi) is 7.48. The third kappa shape index (κ3) is 5.08. The highest BCUT2D eigenvalue weighted by Gasteiger charge is 2.32. The molecular formula is C26H35N3O4S. The van der Waals surface area contributed by atoms with E-state index in [1.807, 2.05) is 43.0 Å². The van der Waals surface area contributed by atoms with Gasteiger partial charge in [0.15, 0.2) is 0 Å². The van der Waals surface area contributed by atoms with Gasteiger partial charge in [0.2, 0.25) is 10.0 Å². The highest BCUT2D eigenvalue weighted by atomic mass is 32.2. The number of ether oxygens (including phenoxy) is 1. The molecule has 2 aliphatic heterocycles. The largest absolute Gasteiger partial charge is 0.497 e. The molecule has 2 heterocycles. The molecule has 0 aliphatic carbocycles. The van der Waals surface area contributed by atoms with Crippen molar-refractivity contribution in [1.29, 1.82) is 0 Å². The molecule has 8 heteroatoms. The molecule has 1 unspecified atom stereocenters. The lowest BCUT2D eigenvalue weighted by Crippen LogP contribution is -2.42. The zero-order valence-corrected chi connectivity index (χ0v) is 21.2. The number of methoxy groups -OCH3 is 1. The predicted molar refractivity (Wildman–Crippen MR) is 134 cm³/mol. The first-order valence-corrected chi connectivity index (χ1v) is 13.6. The van der Waals surface area contributed by atoms with Crippen molar-refractivity contribution in [2.45, 2.75) is 50.5 Å². The smallest absolute Gasteiger partial charge is 0.254 e. The first-order chi connectivity index (χ1) is 16.3. The van der Waals surface area contributed by atoms with E-state index in [-0.39, 0.29) is 16.8 Å². The van der Waals surface area contributed by atoms with Crippen molar-refractivity contribution < 1.29 is 17.9 Å². The Balaban J connectivity index is 1.51. The molecule has 2 aromatic carbocycles. The van der Waals surface area contributed by atoms with Gasteiger partial charge in [0.25, 0.3) is 5.91 Å². The van der Waals surface area contributed by atoms with Crippen LogP contribution in [0.2, 0.25) is 0 Å². The van der Waals surface area contributed by atoms with Crippen LogP contribution in [0.25, 0.3) is 0 Å². The summed E-state index contributed by atoms with van der Waals surface area (Å²) in [6.07, 6.45) is 3.64. The molecule has 2 aliphatic rings. The zero-order chi connectivity index (χ0) is 24.3. The zero-order valence-electron chi connectivity index (χ0n) is 20.4. The number of hydrogen-bond donors (Lipinski definition) is 0. The van der Waals surface area contributed by atoms with Crippen molar-refractivity contribution in [2.24, 2.45) is 0 Å². The molecule has 1 amide bonds. The lowest BCUT2D eigenvalue weighted by atomic mass is 10.1. The van der Waals surface area contributed by atoms with Gasteiger partial charge >= 0.3 is 0 Å². The van der Waals surface area contributed by atoms with E-state index in [1.165, 1.54) is 0 Å². The van der Waals surface area contributed by atoms with Crippen LogP contribution in [0.15, 0.2) is 47.4 Å². The highest BCUT2D eigenvalue weighted by Crippen LogP contribution is 2.27. The van der Waals surface area contributed by atoms with E-state index in [2.05, 4.69) is 4.90 Å². The standard InChI is InChI=1S/C26H35N3O4S/c1-20-8-13-24(34(31,32)29-16-5-4-7-21(29)2)19-25(20)26(30)28-15-6-14-27(17-18-28)22-9-11-23(33-3)12-10-22/h8-13,19,21H,4-7,14-18H2,1-3H3. The Labute approximate surface area is 203 Å². The predicted octanol–water partition coefficient (Wildman–Crippen LogP) is 3.92. The van der Waals surface area contributed by atoms with Gasteiger partial charge in [-0.15, -0.1) is 0 Å². The Morgan fingerprint density at radius 1 is 0.941 bits per heavy atom. The number of aryl methyl sites for hydroxylation is 1. The van der Waals surface area contributed by atoms with Crippen LogP contribution in [0.3, 0.4) is 0 Å². The molecule has 184 valence electrons. The number of hydrogen-bond acceptors (Lipinski definition) is 5. The molecule has 4 rings (SSSR count). The summed E-state index contributed by atoms with van der Waals surface area (Å²) in [5.74, 6) is 0.720. The van der Waals surface area contributed by atoms with Crippen LogP contribution >= 0.6 is 0 Å². The summed E-state index contributed by atoms with van der Waals surface area (Å²) >= 11 is 0. The van der Waals surface area contributed by atoms with Crippen molar-refractivity contribution in [2.75, 3.05) is 44.7 Å². The normalized spacial score (nSPS) is 20.1. The van der Waals surface area contributed by atoms with Gasteiger partial charge in [-0.05, 0) is 75.1 Å². The van der Waals surface area contributed by atoms with Crippen LogP contribution in [0, 0.1) is 6.92 Å². The number of rotatable bonds is 5. The summed E-state index contributed by atoms with van der Waals surface area (Å²) < 4.78 is 33.5. The van der Waals surface area contributed by atoms with Gasteiger partial charge in [0.1, 0.15) is 5.75 Å². The molecule has 0 aromatic heterocycles. The Morgan fingerprint density at radius 2 is 1.71 bits per heavy atom. The molecule has 0 bridgehead atoms. The van der Waals surface area contributed by atoms with Crippen LogP contribution in [-0.4, -0.2) is 69.4 Å². The lowest BCUT2D eigenvalue weighted by molar-refractivity contribution is 0.0766. The Hall–Kier alpha value is -2.58. The summed E-state index contributed by atoms with van der Waals surface area (Å²) in [7, 11) is -1.98. The maximum atomic E-state index is 13.5. The van der Waals surface area contributed by atoms with E-state index in [0.29, 0.717) is 25.2 Å². The van der Waals surface area contributed by atoms with E-state index in [4.69, 9.17) is 4.74 Å². The van der Waals surface area contributed by atoms with Gasteiger partial charge in [-0.1, -0.05) is 12.5 Å². The minimum Gasteiger partial charge on any atom is -0.497 e. The van der Waals surface area contributed by atoms with Crippen LogP contribution in [0.4, 0.5) is 5.69 Å². The first kappa shape index (κ1) is 24.5. The molecule has 2 aromatic rings. The Bertz CT molecular complexity index is 1120. The maximum absolute atomic E-state index is 13.5. The molecule has 0 saturated carbocycles. The van der Waals surface area contributed by atoms with E-state index in [0.717, 1.165) is 55.8 Å². The van der Waals surface area contributed by atoms with E-state index >= 15 is 0 Å². The van der Waals surface area contributed by atoms with Crippen LogP contribution < -0.4 is 9.64 Å². The summed E-state index contributed by atoms with van der Waals surface area (Å²) in [5.41, 5.74) is 2.38. The molecular weight excluding hydrogens is 450 g/mol. The average molecular weight is 486 g/mol. The molecule has 0 radical (unpaired) electrons. The second-order valence-corrected chi connectivity index (χ2v) is 11.2. The van der Waals surface area contributed by atoms with Crippen LogP contribution in [0.5, 0.6) is 5.75 Å². The summed E-state index contributed by atoms with van der Waals surface area (Å²) in [6, 6.07) is 12.9. The molecule has 1 atom stereocenters. The molecule has 0 N–H and O–H groups in total. The van der Waals surface area contributed by atoms with Crippen LogP contribution in [0.1, 0.15) is 48.5 Å². The van der Waals surface area contributed by atoms with E-state index in [9.17, 15) is 13.2 Å². The first-order valence-electron chi connectivity index (χ1n) is 12.1. The number of carbonyl (C=O) groups excluding carboxylic acids is 1. The molecule has 2 fully saturated rings. The second-order valence-electron chi connectivity index (χ2n) is 9.27. The monoisotopic (exact) mass is 485 g/mol. The Morgan fingerprint density at radius 3 is 2.41 bits per heavy atom. The van der Waals surface area contributed by atoms with Gasteiger partial charge in [0.05, 0.1) is 12.0 Å². The highest BCUT2D eigenvalue weighted by molar-refractivity contribution is 7.89. The molecule has 0 spiro atoms. The number of sulfonamides is 1. The topological polar surface area (TPSA) is 70.2 Å². The van der Waals surface area contributed by atoms with Gasteiger partial charge in [-0.2, -0.15) is 4.31 Å². The van der Waals surface area contributed by atoms with Crippen molar-refractivity contribution in [3.05, 3.63) is 53.6 Å². The number of piperidine rings is 1. The van der Waals surface area contributed by atoms with Gasteiger partial charge < -0.3 is 14.5 Å². The number of anilines is 1. The van der Waals surface area contributed by atoms with Gasteiger partial charge in [0, 0.05) is 50.0 Å². The summed E-state index contributed by atoms with van der Waals surface area (Å²) in [4.78, 5) is 17.8.